The summed E-state index contributed by atoms with van der Waals surface area (Å²) in [6.45, 7) is 6.55. The Morgan fingerprint density at radius 3 is 2.42 bits per heavy atom. The van der Waals surface area contributed by atoms with Crippen LogP contribution >= 0.6 is 11.6 Å². The molecular formula is C22H31ClN8O6S. The molecule has 208 valence electrons. The highest BCUT2D eigenvalue weighted by Gasteiger charge is 2.38. The van der Waals surface area contributed by atoms with Crippen LogP contribution in [0.5, 0.6) is 11.8 Å². The van der Waals surface area contributed by atoms with E-state index in [1.807, 2.05) is 0 Å². The average Bonchev–Trinajstić information content (AvgIpc) is 3.26. The number of nitrogens with one attached hydrogen (secondary N) is 1. The fourth-order valence-electron chi connectivity index (χ4n) is 4.03. The van der Waals surface area contributed by atoms with Gasteiger partial charge >= 0.3 is 0 Å². The van der Waals surface area contributed by atoms with Crippen LogP contribution in [0.4, 0.5) is 5.95 Å². The highest BCUT2D eigenvalue weighted by molar-refractivity contribution is 7.93. The third kappa shape index (κ3) is 6.11. The van der Waals surface area contributed by atoms with Crippen molar-refractivity contribution in [3.8, 4) is 17.4 Å². The first-order valence-corrected chi connectivity index (χ1v) is 13.4. The van der Waals surface area contributed by atoms with Gasteiger partial charge in [0.2, 0.25) is 27.7 Å². The van der Waals surface area contributed by atoms with Gasteiger partial charge in [-0.1, -0.05) is 11.6 Å². The lowest BCUT2D eigenvalue weighted by Crippen LogP contribution is -2.41. The molecule has 0 radical (unpaired) electrons. The maximum Gasteiger partial charge on any atom is 0.245 e. The number of aromatic nitrogens is 5. The van der Waals surface area contributed by atoms with Gasteiger partial charge in [0.1, 0.15) is 23.5 Å². The number of hydrogen-bond donors (Lipinski definition) is 2. The molecule has 0 amide bonds. The summed E-state index contributed by atoms with van der Waals surface area (Å²) < 4.78 is 47.3. The second-order valence-electron chi connectivity index (χ2n) is 8.54. The minimum absolute atomic E-state index is 0.0249. The van der Waals surface area contributed by atoms with Gasteiger partial charge in [-0.15, -0.1) is 10.2 Å². The zero-order valence-corrected chi connectivity index (χ0v) is 23.3. The predicted octanol–water partition coefficient (Wildman–Crippen LogP) is 1.90. The van der Waals surface area contributed by atoms with E-state index in [4.69, 9.17) is 25.8 Å². The standard InChI is InChI=1S/C22H31ClN8O6S/c1-12(23)9-25-18(24-3)17(35-4)13(2)38(33,34)30-22-29-28-19(15-7-14(8-15)10-32)31(22)16-20(36-5)26-11-27-21(16)37-6/h9,11,13-15,17,32H,3,7-8,10H2,1-2,4-6H3,(H,29,30)/b12-9+,25-18-/t13-,14-,15+,17-/m0/s1. The summed E-state index contributed by atoms with van der Waals surface area (Å²) in [4.78, 5) is 16.2. The smallest absolute Gasteiger partial charge is 0.245 e. The summed E-state index contributed by atoms with van der Waals surface area (Å²) in [6, 6.07) is 0. The zero-order valence-electron chi connectivity index (χ0n) is 21.7. The number of aliphatic hydroxyl groups excluding tert-OH is 1. The first kappa shape index (κ1) is 29.4. The third-order valence-electron chi connectivity index (χ3n) is 6.11. The van der Waals surface area contributed by atoms with Gasteiger partial charge in [0, 0.05) is 30.9 Å². The fourth-order valence-corrected chi connectivity index (χ4v) is 5.21. The molecule has 3 rings (SSSR count). The van der Waals surface area contributed by atoms with E-state index in [1.165, 1.54) is 45.3 Å². The lowest BCUT2D eigenvalue weighted by molar-refractivity contribution is 0.138. The van der Waals surface area contributed by atoms with Gasteiger partial charge in [0.15, 0.2) is 11.5 Å². The molecular weight excluding hydrogens is 540 g/mol. The Kier molecular flexibility index (Phi) is 9.76. The van der Waals surface area contributed by atoms with E-state index >= 15 is 0 Å². The molecule has 2 N–H and O–H groups in total. The van der Waals surface area contributed by atoms with Crippen molar-refractivity contribution in [2.45, 2.75) is 44.0 Å². The molecule has 1 aliphatic rings. The Hall–Kier alpha value is -3.14. The topological polar surface area (TPSA) is 175 Å². The SMILES string of the molecule is C=N/C(=N\C=C(/C)Cl)[C@@H](OC)[C@H](C)S(=O)(=O)Nc1nnc([C@H]2C[C@@H](CO)C2)n1-c1c(OC)ncnc1OC. The predicted molar refractivity (Wildman–Crippen MR) is 142 cm³/mol. The number of aliphatic imine (C=N–C) groups is 2. The Morgan fingerprint density at radius 2 is 1.92 bits per heavy atom. The highest BCUT2D eigenvalue weighted by Crippen LogP contribution is 2.43. The van der Waals surface area contributed by atoms with Crippen LogP contribution in [0.15, 0.2) is 27.5 Å². The second kappa shape index (κ2) is 12.6. The normalized spacial score (nSPS) is 19.9. The summed E-state index contributed by atoms with van der Waals surface area (Å²) in [5, 5.41) is 17.1. The molecule has 0 saturated heterocycles. The average molecular weight is 571 g/mol. The molecule has 1 fully saturated rings. The lowest BCUT2D eigenvalue weighted by atomic mass is 9.75. The van der Waals surface area contributed by atoms with Crippen molar-refractivity contribution in [2.24, 2.45) is 15.9 Å². The van der Waals surface area contributed by atoms with Crippen molar-refractivity contribution >= 4 is 40.1 Å². The molecule has 16 heteroatoms. The molecule has 38 heavy (non-hydrogen) atoms. The number of aliphatic hydroxyl groups is 1. The molecule has 1 aliphatic carbocycles. The molecule has 0 bridgehead atoms. The van der Waals surface area contributed by atoms with Gasteiger partial charge in [0.25, 0.3) is 0 Å². The summed E-state index contributed by atoms with van der Waals surface area (Å²) in [5.41, 5.74) is 0.219. The highest BCUT2D eigenvalue weighted by atomic mass is 35.5. The summed E-state index contributed by atoms with van der Waals surface area (Å²) >= 11 is 5.85. The summed E-state index contributed by atoms with van der Waals surface area (Å²) in [5.74, 6) is 0.566. The van der Waals surface area contributed by atoms with Crippen molar-refractivity contribution in [2.75, 3.05) is 32.7 Å². The van der Waals surface area contributed by atoms with Crippen LogP contribution in [-0.2, 0) is 14.8 Å². The Labute approximate surface area is 225 Å². The van der Waals surface area contributed by atoms with Crippen LogP contribution in [0.3, 0.4) is 0 Å². The van der Waals surface area contributed by atoms with Crippen LogP contribution in [0, 0.1) is 5.92 Å². The Balaban J connectivity index is 2.08. The molecule has 1 saturated carbocycles. The Bertz CT molecular complexity index is 1280. The monoisotopic (exact) mass is 570 g/mol. The second-order valence-corrected chi connectivity index (χ2v) is 11.2. The van der Waals surface area contributed by atoms with Crippen LogP contribution in [0.1, 0.15) is 38.4 Å². The van der Waals surface area contributed by atoms with Gasteiger partial charge in [-0.25, -0.2) is 18.4 Å². The quantitative estimate of drug-likeness (QED) is 0.283. The number of methoxy groups -OCH3 is 3. The van der Waals surface area contributed by atoms with Crippen LogP contribution in [-0.4, -0.2) is 90.1 Å². The number of sulfonamides is 1. The van der Waals surface area contributed by atoms with Crippen molar-refractivity contribution in [1.29, 1.82) is 0 Å². The van der Waals surface area contributed by atoms with E-state index in [2.05, 4.69) is 41.6 Å². The van der Waals surface area contributed by atoms with Gasteiger partial charge in [-0.3, -0.25) is 9.29 Å². The van der Waals surface area contributed by atoms with Gasteiger partial charge in [-0.05, 0) is 39.3 Å². The number of nitrogens with zero attached hydrogens (tertiary/aromatic N) is 7. The van der Waals surface area contributed by atoms with Gasteiger partial charge in [-0.2, -0.15) is 9.97 Å². The molecule has 0 unspecified atom stereocenters. The first-order valence-electron chi connectivity index (χ1n) is 11.5. The number of hydrogen-bond acceptors (Lipinski definition) is 11. The number of amidine groups is 1. The number of anilines is 1. The number of allylic oxidation sites excluding steroid dienone is 1. The molecule has 0 aromatic carbocycles. The molecule has 14 nitrogen and oxygen atoms in total. The third-order valence-corrected chi connectivity index (χ3v) is 7.90. The van der Waals surface area contributed by atoms with Crippen LogP contribution in [0.2, 0.25) is 0 Å². The largest absolute Gasteiger partial charge is 0.479 e. The molecule has 2 heterocycles. The van der Waals surface area contributed by atoms with E-state index in [9.17, 15) is 13.5 Å². The van der Waals surface area contributed by atoms with E-state index in [1.54, 1.807) is 6.92 Å². The number of halogens is 1. The number of rotatable bonds is 12. The lowest BCUT2D eigenvalue weighted by Gasteiger charge is -2.33. The summed E-state index contributed by atoms with van der Waals surface area (Å²) in [7, 11) is -0.0290. The minimum Gasteiger partial charge on any atom is -0.479 e. The molecule has 2 aromatic heterocycles. The molecule has 2 aromatic rings. The van der Waals surface area contributed by atoms with E-state index in [0.29, 0.717) is 23.7 Å². The maximum atomic E-state index is 13.6. The van der Waals surface area contributed by atoms with Crippen LogP contribution < -0.4 is 14.2 Å². The van der Waals surface area contributed by atoms with Crippen molar-refractivity contribution in [3.05, 3.63) is 23.4 Å². The van der Waals surface area contributed by atoms with Gasteiger partial charge < -0.3 is 19.3 Å². The van der Waals surface area contributed by atoms with Crippen molar-refractivity contribution in [1.82, 2.24) is 24.7 Å². The number of ether oxygens (including phenoxy) is 3. The minimum atomic E-state index is -4.19. The Morgan fingerprint density at radius 1 is 1.29 bits per heavy atom. The van der Waals surface area contributed by atoms with Crippen LogP contribution in [0.25, 0.3) is 5.69 Å². The maximum absolute atomic E-state index is 13.6. The molecule has 0 aliphatic heterocycles. The van der Waals surface area contributed by atoms with Gasteiger partial charge in [0.05, 0.1) is 14.2 Å². The van der Waals surface area contributed by atoms with E-state index in [-0.39, 0.29) is 47.7 Å². The van der Waals surface area contributed by atoms with E-state index < -0.39 is 21.4 Å². The first-order chi connectivity index (χ1) is 18.1. The summed E-state index contributed by atoms with van der Waals surface area (Å²) in [6.07, 6.45) is 2.76. The fraction of sp³-hybridized carbons (Fsp3) is 0.545. The molecule has 0 spiro atoms. The molecule has 2 atom stereocenters. The van der Waals surface area contributed by atoms with Crippen molar-refractivity contribution in [3.63, 3.8) is 0 Å². The van der Waals surface area contributed by atoms with Crippen molar-refractivity contribution < 1.29 is 27.7 Å². The zero-order chi connectivity index (χ0) is 28.0. The van der Waals surface area contributed by atoms with E-state index in [0.717, 1.165) is 0 Å².